The van der Waals surface area contributed by atoms with E-state index >= 15 is 0 Å². The maximum Gasteiger partial charge on any atom is 0.224 e. The first kappa shape index (κ1) is 30.5. The van der Waals surface area contributed by atoms with Gasteiger partial charge in [0.2, 0.25) is 5.91 Å². The van der Waals surface area contributed by atoms with Crippen molar-refractivity contribution in [2.45, 2.75) is 155 Å². The largest absolute Gasteiger partial charge is 0.491 e. The second kappa shape index (κ2) is 22.0. The average molecular weight is 474 g/mol. The Morgan fingerprint density at radius 2 is 1.15 bits per heavy atom. The van der Waals surface area contributed by atoms with Crippen molar-refractivity contribution in [3.05, 3.63) is 24.3 Å². The number of nitrogens with one attached hydrogen (secondary N) is 1. The lowest BCUT2D eigenvalue weighted by molar-refractivity contribution is -0.116. The lowest BCUT2D eigenvalue weighted by Gasteiger charge is -2.11. The number of hydrogen-bond donors (Lipinski definition) is 1. The highest BCUT2D eigenvalue weighted by Crippen LogP contribution is 2.19. The van der Waals surface area contributed by atoms with Gasteiger partial charge in [-0.1, -0.05) is 129 Å². The number of unbranched alkanes of at least 4 members (excludes halogenated alkanes) is 18. The van der Waals surface area contributed by atoms with Crippen LogP contribution in [0.5, 0.6) is 5.75 Å². The van der Waals surface area contributed by atoms with E-state index in [1.54, 1.807) is 0 Å². The van der Waals surface area contributed by atoms with Gasteiger partial charge < -0.3 is 10.1 Å². The van der Waals surface area contributed by atoms with Crippen molar-refractivity contribution in [3.8, 4) is 5.75 Å². The molecule has 0 aliphatic rings. The summed E-state index contributed by atoms with van der Waals surface area (Å²) in [6, 6.07) is 7.66. The fourth-order valence-electron chi connectivity index (χ4n) is 4.51. The van der Waals surface area contributed by atoms with Crippen LogP contribution in [-0.4, -0.2) is 12.0 Å². The van der Waals surface area contributed by atoms with E-state index in [0.717, 1.165) is 24.3 Å². The van der Waals surface area contributed by atoms with Crippen LogP contribution in [0, 0.1) is 0 Å². The zero-order valence-electron chi connectivity index (χ0n) is 22.8. The summed E-state index contributed by atoms with van der Waals surface area (Å²) in [4.78, 5) is 12.2. The molecule has 196 valence electrons. The first-order chi connectivity index (χ1) is 16.6. The van der Waals surface area contributed by atoms with E-state index in [9.17, 15) is 4.79 Å². The summed E-state index contributed by atoms with van der Waals surface area (Å²) in [5.41, 5.74) is 0.820. The Hall–Kier alpha value is -1.51. The van der Waals surface area contributed by atoms with E-state index in [4.69, 9.17) is 4.74 Å². The van der Waals surface area contributed by atoms with Gasteiger partial charge in [0.05, 0.1) is 6.10 Å². The van der Waals surface area contributed by atoms with Crippen LogP contribution in [0.15, 0.2) is 24.3 Å². The van der Waals surface area contributed by atoms with Gasteiger partial charge in [0.1, 0.15) is 5.75 Å². The van der Waals surface area contributed by atoms with Crippen LogP contribution in [0.3, 0.4) is 0 Å². The molecule has 0 radical (unpaired) electrons. The van der Waals surface area contributed by atoms with Gasteiger partial charge in [0, 0.05) is 18.2 Å². The molecule has 0 saturated heterocycles. The number of anilines is 1. The minimum atomic E-state index is 0.105. The molecule has 3 heteroatoms. The smallest absolute Gasteiger partial charge is 0.224 e. The number of carbonyl (C=O) groups is 1. The third-order valence-corrected chi connectivity index (χ3v) is 6.50. The van der Waals surface area contributed by atoms with Crippen molar-refractivity contribution >= 4 is 11.6 Å². The second-order valence-corrected chi connectivity index (χ2v) is 10.4. The van der Waals surface area contributed by atoms with Crippen molar-refractivity contribution in [1.29, 1.82) is 0 Å². The maximum absolute atomic E-state index is 12.2. The highest BCUT2D eigenvalue weighted by Gasteiger charge is 2.04. The summed E-state index contributed by atoms with van der Waals surface area (Å²) < 4.78 is 5.69. The summed E-state index contributed by atoms with van der Waals surface area (Å²) in [6.45, 7) is 6.30. The highest BCUT2D eigenvalue weighted by atomic mass is 16.5. The van der Waals surface area contributed by atoms with Crippen molar-refractivity contribution < 1.29 is 9.53 Å². The average Bonchev–Trinajstić information content (AvgIpc) is 2.80. The first-order valence-electron chi connectivity index (χ1n) is 14.7. The SMILES string of the molecule is CCCCCCCCCCCCCCCCCCCCCC(=O)Nc1cccc(OC(C)C)c1. The minimum absolute atomic E-state index is 0.105. The summed E-state index contributed by atoms with van der Waals surface area (Å²) in [6.07, 6.45) is 26.8. The molecule has 0 aromatic heterocycles. The molecule has 0 unspecified atom stereocenters. The van der Waals surface area contributed by atoms with Crippen molar-refractivity contribution in [3.63, 3.8) is 0 Å². The number of benzene rings is 1. The minimum Gasteiger partial charge on any atom is -0.491 e. The Morgan fingerprint density at radius 3 is 1.59 bits per heavy atom. The summed E-state index contributed by atoms with van der Waals surface area (Å²) >= 11 is 0. The predicted molar refractivity (Wildman–Crippen MR) is 149 cm³/mol. The van der Waals surface area contributed by atoms with E-state index < -0.39 is 0 Å². The molecule has 0 saturated carbocycles. The fraction of sp³-hybridized carbons (Fsp3) is 0.774. The molecule has 1 aromatic carbocycles. The number of carbonyl (C=O) groups excluding carboxylic acids is 1. The van der Waals surface area contributed by atoms with E-state index in [-0.39, 0.29) is 12.0 Å². The number of hydrogen-bond acceptors (Lipinski definition) is 2. The van der Waals surface area contributed by atoms with E-state index in [0.29, 0.717) is 6.42 Å². The van der Waals surface area contributed by atoms with Crippen LogP contribution in [0.4, 0.5) is 5.69 Å². The zero-order chi connectivity index (χ0) is 24.7. The van der Waals surface area contributed by atoms with Gasteiger partial charge in [-0.3, -0.25) is 4.79 Å². The normalized spacial score (nSPS) is 11.2. The molecule has 1 rings (SSSR count). The van der Waals surface area contributed by atoms with Crippen molar-refractivity contribution in [1.82, 2.24) is 0 Å². The number of rotatable bonds is 23. The van der Waals surface area contributed by atoms with Crippen LogP contribution in [0.1, 0.15) is 149 Å². The molecular formula is C31H55NO2. The Bertz CT molecular complexity index is 599. The van der Waals surface area contributed by atoms with E-state index in [1.165, 1.54) is 109 Å². The Kier molecular flexibility index (Phi) is 19.7. The summed E-state index contributed by atoms with van der Waals surface area (Å²) in [5.74, 6) is 0.907. The fourth-order valence-corrected chi connectivity index (χ4v) is 4.51. The first-order valence-corrected chi connectivity index (χ1v) is 14.7. The van der Waals surface area contributed by atoms with Gasteiger partial charge in [-0.25, -0.2) is 0 Å². The lowest BCUT2D eigenvalue weighted by Crippen LogP contribution is -2.11. The van der Waals surface area contributed by atoms with Crippen LogP contribution < -0.4 is 10.1 Å². The summed E-state index contributed by atoms with van der Waals surface area (Å²) in [7, 11) is 0. The van der Waals surface area contributed by atoms with Crippen LogP contribution in [0.25, 0.3) is 0 Å². The maximum atomic E-state index is 12.2. The van der Waals surface area contributed by atoms with Crippen molar-refractivity contribution in [2.24, 2.45) is 0 Å². The van der Waals surface area contributed by atoms with Gasteiger partial charge in [-0.05, 0) is 32.4 Å². The highest BCUT2D eigenvalue weighted by molar-refractivity contribution is 5.90. The van der Waals surface area contributed by atoms with Gasteiger partial charge >= 0.3 is 0 Å². The van der Waals surface area contributed by atoms with E-state index in [1.807, 2.05) is 38.1 Å². The molecule has 0 spiro atoms. The van der Waals surface area contributed by atoms with E-state index in [2.05, 4.69) is 12.2 Å². The number of amides is 1. The van der Waals surface area contributed by atoms with Gasteiger partial charge in [0.15, 0.2) is 0 Å². The number of ether oxygens (including phenoxy) is 1. The molecule has 1 N–H and O–H groups in total. The molecule has 0 aliphatic heterocycles. The third kappa shape index (κ3) is 18.9. The van der Waals surface area contributed by atoms with Crippen LogP contribution >= 0.6 is 0 Å². The van der Waals surface area contributed by atoms with Crippen LogP contribution in [-0.2, 0) is 4.79 Å². The zero-order valence-corrected chi connectivity index (χ0v) is 22.8. The van der Waals surface area contributed by atoms with Gasteiger partial charge in [0.25, 0.3) is 0 Å². The molecule has 34 heavy (non-hydrogen) atoms. The molecule has 0 bridgehead atoms. The molecule has 0 aliphatic carbocycles. The standard InChI is InChI=1S/C31H55NO2/c1-4-5-6-7-8-9-10-11-12-13-14-15-16-17-18-19-20-21-22-26-31(33)32-29-24-23-25-30(27-29)34-28(2)3/h23-25,27-28H,4-22,26H2,1-3H3,(H,32,33). The molecule has 0 fully saturated rings. The molecular weight excluding hydrogens is 418 g/mol. The van der Waals surface area contributed by atoms with Gasteiger partial charge in [-0.2, -0.15) is 0 Å². The molecule has 0 atom stereocenters. The monoisotopic (exact) mass is 473 g/mol. The Morgan fingerprint density at radius 1 is 0.706 bits per heavy atom. The third-order valence-electron chi connectivity index (χ3n) is 6.50. The van der Waals surface area contributed by atoms with Crippen molar-refractivity contribution in [2.75, 3.05) is 5.32 Å². The van der Waals surface area contributed by atoms with Crippen LogP contribution in [0.2, 0.25) is 0 Å². The predicted octanol–water partition coefficient (Wildman–Crippen LogP) is 10.2. The quantitative estimate of drug-likeness (QED) is 0.160. The molecule has 3 nitrogen and oxygen atoms in total. The summed E-state index contributed by atoms with van der Waals surface area (Å²) in [5, 5.41) is 3.00. The lowest BCUT2D eigenvalue weighted by atomic mass is 10.0. The topological polar surface area (TPSA) is 38.3 Å². The molecule has 0 heterocycles. The molecule has 1 aromatic rings. The molecule has 1 amide bonds. The van der Waals surface area contributed by atoms with Gasteiger partial charge in [-0.15, -0.1) is 0 Å². The Balaban J connectivity index is 1.84. The second-order valence-electron chi connectivity index (χ2n) is 10.4. The Labute approximate surface area is 211 Å².